The van der Waals surface area contributed by atoms with Crippen molar-refractivity contribution in [3.05, 3.63) is 51.4 Å². The van der Waals surface area contributed by atoms with Gasteiger partial charge in [-0.1, -0.05) is 23.7 Å². The van der Waals surface area contributed by atoms with Crippen LogP contribution in [-0.4, -0.2) is 31.6 Å². The second-order valence-corrected chi connectivity index (χ2v) is 6.32. The molecule has 2 aromatic rings. The highest BCUT2D eigenvalue weighted by Crippen LogP contribution is 2.23. The average Bonchev–Trinajstić information content (AvgIpc) is 2.98. The Kier molecular flexibility index (Phi) is 5.76. The molecule has 1 heterocycles. The molecule has 0 aliphatic rings. The maximum atomic E-state index is 13.7. The highest BCUT2D eigenvalue weighted by molar-refractivity contribution is 7.10. The molecule has 0 fully saturated rings. The van der Waals surface area contributed by atoms with Crippen molar-refractivity contribution in [2.75, 3.05) is 26.0 Å². The van der Waals surface area contributed by atoms with Gasteiger partial charge in [0.25, 0.3) is 0 Å². The number of likely N-dealkylation sites (N-methyl/N-ethyl adjacent to an activating group) is 1. The van der Waals surface area contributed by atoms with E-state index in [4.69, 9.17) is 11.6 Å². The highest BCUT2D eigenvalue weighted by atomic mass is 35.5. The van der Waals surface area contributed by atoms with Crippen molar-refractivity contribution < 1.29 is 9.18 Å². The summed E-state index contributed by atoms with van der Waals surface area (Å²) < 4.78 is 13.7. The molecule has 0 aliphatic carbocycles. The van der Waals surface area contributed by atoms with Crippen molar-refractivity contribution in [2.24, 2.45) is 0 Å². The lowest BCUT2D eigenvalue weighted by molar-refractivity contribution is 0.244. The largest absolute Gasteiger partial charge is 0.336 e. The highest BCUT2D eigenvalue weighted by Gasteiger charge is 2.16. The summed E-state index contributed by atoms with van der Waals surface area (Å²) in [6.07, 6.45) is 0. The first-order chi connectivity index (χ1) is 10.5. The first-order valence-corrected chi connectivity index (χ1v) is 7.93. The molecule has 2 rings (SSSR count). The van der Waals surface area contributed by atoms with Crippen molar-refractivity contribution in [2.45, 2.75) is 6.04 Å². The van der Waals surface area contributed by atoms with E-state index in [1.807, 2.05) is 36.5 Å². The molecule has 2 N–H and O–H groups in total. The predicted octanol–water partition coefficient (Wildman–Crippen LogP) is 3.97. The quantitative estimate of drug-likeness (QED) is 0.864. The van der Waals surface area contributed by atoms with Crippen LogP contribution in [0.2, 0.25) is 5.02 Å². The zero-order valence-electron chi connectivity index (χ0n) is 12.3. The lowest BCUT2D eigenvalue weighted by Crippen LogP contribution is -2.36. The van der Waals surface area contributed by atoms with Crippen molar-refractivity contribution in [3.8, 4) is 0 Å². The van der Waals surface area contributed by atoms with E-state index in [0.29, 0.717) is 6.54 Å². The summed E-state index contributed by atoms with van der Waals surface area (Å²) >= 11 is 7.31. The molecule has 0 saturated heterocycles. The van der Waals surface area contributed by atoms with Gasteiger partial charge in [0.1, 0.15) is 0 Å². The zero-order valence-corrected chi connectivity index (χ0v) is 13.8. The fraction of sp³-hybridized carbons (Fsp3) is 0.267. The normalized spacial score (nSPS) is 12.2. The molecule has 0 spiro atoms. The number of carbonyl (C=O) groups is 1. The number of thiophene rings is 1. The Labute approximate surface area is 137 Å². The van der Waals surface area contributed by atoms with Crippen LogP contribution in [0.4, 0.5) is 14.9 Å². The smallest absolute Gasteiger partial charge is 0.319 e. The number of anilines is 1. The first-order valence-electron chi connectivity index (χ1n) is 6.67. The van der Waals surface area contributed by atoms with Gasteiger partial charge in [-0.3, -0.25) is 0 Å². The predicted molar refractivity (Wildman–Crippen MR) is 89.2 cm³/mol. The number of amides is 2. The van der Waals surface area contributed by atoms with E-state index in [2.05, 4.69) is 10.6 Å². The van der Waals surface area contributed by atoms with Gasteiger partial charge in [-0.25, -0.2) is 9.18 Å². The van der Waals surface area contributed by atoms with Gasteiger partial charge in [-0.2, -0.15) is 0 Å². The Morgan fingerprint density at radius 1 is 1.36 bits per heavy atom. The van der Waals surface area contributed by atoms with Crippen LogP contribution in [0.3, 0.4) is 0 Å². The molecule has 1 atom stereocenters. The lowest BCUT2D eigenvalue weighted by atomic mass is 10.2. The van der Waals surface area contributed by atoms with Crippen molar-refractivity contribution in [1.29, 1.82) is 0 Å². The standard InChI is InChI=1S/C15H17ClFN3OS/c1-20(2)12(13-7-4-8-22-13)9-18-15(21)19-11-6-3-5-10(16)14(11)17/h3-8,12H,9H2,1-2H3,(H2,18,19,21)/t12-/m0/s1. The van der Waals surface area contributed by atoms with Crippen LogP contribution in [0.5, 0.6) is 0 Å². The monoisotopic (exact) mass is 341 g/mol. The third kappa shape index (κ3) is 4.19. The summed E-state index contributed by atoms with van der Waals surface area (Å²) in [5.41, 5.74) is 0.0579. The van der Waals surface area contributed by atoms with Crippen molar-refractivity contribution in [1.82, 2.24) is 10.2 Å². The summed E-state index contributed by atoms with van der Waals surface area (Å²) in [4.78, 5) is 15.1. The third-order valence-electron chi connectivity index (χ3n) is 3.15. The van der Waals surface area contributed by atoms with Crippen molar-refractivity contribution in [3.63, 3.8) is 0 Å². The van der Waals surface area contributed by atoms with Gasteiger partial charge in [0, 0.05) is 11.4 Å². The molecule has 0 radical (unpaired) electrons. The Morgan fingerprint density at radius 2 is 2.14 bits per heavy atom. The molecular formula is C15H17ClFN3OS. The molecule has 0 unspecified atom stereocenters. The van der Waals surface area contributed by atoms with Crippen LogP contribution in [0, 0.1) is 5.82 Å². The van der Waals surface area contributed by atoms with Crippen LogP contribution >= 0.6 is 22.9 Å². The molecule has 0 saturated carbocycles. The first kappa shape index (κ1) is 16.7. The molecule has 1 aromatic heterocycles. The second kappa shape index (κ2) is 7.58. The van der Waals surface area contributed by atoms with Crippen LogP contribution in [0.25, 0.3) is 0 Å². The fourth-order valence-electron chi connectivity index (χ4n) is 1.97. The maximum absolute atomic E-state index is 13.7. The second-order valence-electron chi connectivity index (χ2n) is 4.93. The average molecular weight is 342 g/mol. The topological polar surface area (TPSA) is 44.4 Å². The summed E-state index contributed by atoms with van der Waals surface area (Å²) in [5, 5.41) is 7.19. The molecule has 22 heavy (non-hydrogen) atoms. The molecule has 1 aromatic carbocycles. The van der Waals surface area contributed by atoms with Crippen molar-refractivity contribution >= 4 is 34.7 Å². The van der Waals surface area contributed by atoms with Crippen LogP contribution in [0.15, 0.2) is 35.7 Å². The van der Waals surface area contributed by atoms with E-state index in [9.17, 15) is 9.18 Å². The van der Waals surface area contributed by atoms with Gasteiger partial charge in [-0.15, -0.1) is 11.3 Å². The van der Waals surface area contributed by atoms with Gasteiger partial charge in [-0.05, 0) is 37.7 Å². The van der Waals surface area contributed by atoms with Crippen LogP contribution < -0.4 is 10.6 Å². The van der Waals surface area contributed by atoms with Gasteiger partial charge in [0.15, 0.2) is 5.82 Å². The molecule has 4 nitrogen and oxygen atoms in total. The minimum atomic E-state index is -0.637. The number of hydrogen-bond donors (Lipinski definition) is 2. The molecule has 0 bridgehead atoms. The Hall–Kier alpha value is -1.63. The fourth-order valence-corrected chi connectivity index (χ4v) is 3.07. The third-order valence-corrected chi connectivity index (χ3v) is 4.42. The minimum Gasteiger partial charge on any atom is -0.336 e. The molecule has 7 heteroatoms. The number of urea groups is 1. The number of nitrogens with zero attached hydrogens (tertiary/aromatic N) is 1. The zero-order chi connectivity index (χ0) is 16.1. The van der Waals surface area contributed by atoms with Gasteiger partial charge in [0.05, 0.1) is 16.8 Å². The molecular weight excluding hydrogens is 325 g/mol. The van der Waals surface area contributed by atoms with Crippen LogP contribution in [0.1, 0.15) is 10.9 Å². The van der Waals surface area contributed by atoms with E-state index in [1.54, 1.807) is 17.4 Å². The Balaban J connectivity index is 1.96. The Morgan fingerprint density at radius 3 is 2.77 bits per heavy atom. The lowest BCUT2D eigenvalue weighted by Gasteiger charge is -2.23. The van der Waals surface area contributed by atoms with E-state index < -0.39 is 11.8 Å². The van der Waals surface area contributed by atoms with E-state index in [-0.39, 0.29) is 16.8 Å². The van der Waals surface area contributed by atoms with Gasteiger partial charge in [0.2, 0.25) is 0 Å². The number of nitrogens with one attached hydrogen (secondary N) is 2. The summed E-state index contributed by atoms with van der Waals surface area (Å²) in [6, 6.07) is 8.06. The molecule has 0 aliphatic heterocycles. The van der Waals surface area contributed by atoms with Gasteiger partial charge >= 0.3 is 6.03 Å². The van der Waals surface area contributed by atoms with E-state index in [1.165, 1.54) is 12.1 Å². The minimum absolute atomic E-state index is 0.0254. The SMILES string of the molecule is CN(C)[C@@H](CNC(=O)Nc1cccc(Cl)c1F)c1cccs1. The summed E-state index contributed by atoms with van der Waals surface area (Å²) in [6.45, 7) is 0.418. The number of carbonyl (C=O) groups excluding carboxylic acids is 1. The summed E-state index contributed by atoms with van der Waals surface area (Å²) in [7, 11) is 3.89. The summed E-state index contributed by atoms with van der Waals surface area (Å²) in [5.74, 6) is -0.637. The number of hydrogen-bond acceptors (Lipinski definition) is 3. The number of halogens is 2. The van der Waals surface area contributed by atoms with Crippen LogP contribution in [-0.2, 0) is 0 Å². The Bertz CT molecular complexity index is 634. The van der Waals surface area contributed by atoms with Gasteiger partial charge < -0.3 is 15.5 Å². The number of rotatable bonds is 5. The molecule has 2 amide bonds. The van der Waals surface area contributed by atoms with E-state index >= 15 is 0 Å². The molecule has 118 valence electrons. The maximum Gasteiger partial charge on any atom is 0.319 e. The number of benzene rings is 1. The van der Waals surface area contributed by atoms with E-state index in [0.717, 1.165) is 4.88 Å².